The molecule has 0 saturated carbocycles. The van der Waals surface area contributed by atoms with Gasteiger partial charge in [0.1, 0.15) is 16.7 Å². The minimum Gasteiger partial charge on any atom is -0.456 e. The molecule has 5 heteroatoms. The molecular weight excluding hydrogens is 627 g/mol. The van der Waals surface area contributed by atoms with Crippen LogP contribution in [0.1, 0.15) is 29.2 Å². The Kier molecular flexibility index (Phi) is 6.01. The second kappa shape index (κ2) is 10.9. The topological polar surface area (TPSA) is 55.9 Å². The first-order valence-electron chi connectivity index (χ1n) is 17.3. The predicted molar refractivity (Wildman–Crippen MR) is 209 cm³/mol. The molecule has 1 aliphatic heterocycles. The van der Waals surface area contributed by atoms with E-state index in [1.165, 1.54) is 10.9 Å². The molecule has 1 unspecified atom stereocenters. The molecule has 0 saturated heterocycles. The summed E-state index contributed by atoms with van der Waals surface area (Å²) in [7, 11) is 0. The lowest BCUT2D eigenvalue weighted by Gasteiger charge is -2.21. The van der Waals surface area contributed by atoms with E-state index in [4.69, 9.17) is 18.8 Å². The standard InChI is InChI=1S/C46H29N3O2/c1-3-11-28(12-4-1)38-27-39(29-13-5-2-6-14-29)48-46(47-38)30-19-21-34-37-26-31(20-24-42(37)50-43(34)25-30)49-40-17-9-7-15-32(40)35-22-23-36-33-16-8-10-18-41(33)51-45(36)44(35)49/h1-26,38H,27H2. The summed E-state index contributed by atoms with van der Waals surface area (Å²) in [6.45, 7) is 0. The average Bonchev–Trinajstić information content (AvgIpc) is 3.87. The molecule has 7 aromatic carbocycles. The summed E-state index contributed by atoms with van der Waals surface area (Å²) in [6, 6.07) is 55.0. The Hall–Kier alpha value is -6.72. The van der Waals surface area contributed by atoms with E-state index in [0.29, 0.717) is 0 Å². The summed E-state index contributed by atoms with van der Waals surface area (Å²) in [4.78, 5) is 10.3. The van der Waals surface area contributed by atoms with E-state index in [-0.39, 0.29) is 6.04 Å². The predicted octanol–water partition coefficient (Wildman–Crippen LogP) is 12.0. The number of furan rings is 2. The van der Waals surface area contributed by atoms with Gasteiger partial charge in [-0.05, 0) is 59.7 Å². The van der Waals surface area contributed by atoms with Crippen molar-refractivity contribution >= 4 is 77.2 Å². The first-order valence-corrected chi connectivity index (χ1v) is 17.3. The molecule has 5 nitrogen and oxygen atoms in total. The highest BCUT2D eigenvalue weighted by atomic mass is 16.3. The highest BCUT2D eigenvalue weighted by Crippen LogP contribution is 2.41. The fraction of sp³-hybridized carbons (Fsp3) is 0.0435. The van der Waals surface area contributed by atoms with Gasteiger partial charge in [-0.3, -0.25) is 4.99 Å². The van der Waals surface area contributed by atoms with Crippen LogP contribution in [-0.2, 0) is 0 Å². The van der Waals surface area contributed by atoms with Crippen molar-refractivity contribution in [1.29, 1.82) is 0 Å². The molecule has 3 aromatic heterocycles. The van der Waals surface area contributed by atoms with Crippen LogP contribution in [0.5, 0.6) is 0 Å². The van der Waals surface area contributed by atoms with Gasteiger partial charge in [0, 0.05) is 50.0 Å². The minimum absolute atomic E-state index is 0.0210. The molecular formula is C46H29N3O2. The van der Waals surface area contributed by atoms with Crippen LogP contribution >= 0.6 is 0 Å². The van der Waals surface area contributed by atoms with Crippen LogP contribution in [-0.4, -0.2) is 16.1 Å². The van der Waals surface area contributed by atoms with E-state index in [1.807, 2.05) is 24.3 Å². The van der Waals surface area contributed by atoms with Gasteiger partial charge in [-0.15, -0.1) is 0 Å². The number of nitrogens with zero attached hydrogens (tertiary/aromatic N) is 3. The lowest BCUT2D eigenvalue weighted by atomic mass is 9.95. The summed E-state index contributed by atoms with van der Waals surface area (Å²) in [5.41, 5.74) is 10.9. The van der Waals surface area contributed by atoms with E-state index in [0.717, 1.165) is 95.1 Å². The third-order valence-corrected chi connectivity index (χ3v) is 10.3. The van der Waals surface area contributed by atoms with E-state index in [2.05, 4.69) is 138 Å². The Morgan fingerprint density at radius 3 is 2.10 bits per heavy atom. The number of aliphatic imine (C=N–C) groups is 2. The Bertz CT molecular complexity index is 3050. The van der Waals surface area contributed by atoms with Gasteiger partial charge in [-0.2, -0.15) is 0 Å². The maximum Gasteiger partial charge on any atom is 0.160 e. The number of benzene rings is 7. The van der Waals surface area contributed by atoms with E-state index in [1.54, 1.807) is 0 Å². The maximum atomic E-state index is 6.58. The zero-order valence-electron chi connectivity index (χ0n) is 27.5. The summed E-state index contributed by atoms with van der Waals surface area (Å²) in [6.07, 6.45) is 0.746. The van der Waals surface area contributed by atoms with Gasteiger partial charge >= 0.3 is 0 Å². The Morgan fingerprint density at radius 2 is 1.22 bits per heavy atom. The smallest absolute Gasteiger partial charge is 0.160 e. The molecule has 0 spiro atoms. The molecule has 10 aromatic rings. The average molecular weight is 656 g/mol. The SMILES string of the molecule is c1ccc(C2=NC(c3ccc4c(c3)oc3ccc(-n5c6ccccc6c6ccc7c8ccccc8oc7c65)cc34)=NC(c3ccccc3)C2)cc1. The molecule has 1 atom stereocenters. The molecule has 0 bridgehead atoms. The molecule has 1 aliphatic rings. The lowest BCUT2D eigenvalue weighted by molar-refractivity contribution is 0.668. The first kappa shape index (κ1) is 28.2. The highest BCUT2D eigenvalue weighted by molar-refractivity contribution is 6.22. The Balaban J connectivity index is 1.08. The second-order valence-electron chi connectivity index (χ2n) is 13.3. The van der Waals surface area contributed by atoms with Crippen molar-refractivity contribution in [2.45, 2.75) is 12.5 Å². The van der Waals surface area contributed by atoms with Crippen molar-refractivity contribution < 1.29 is 8.83 Å². The van der Waals surface area contributed by atoms with Crippen molar-refractivity contribution in [3.8, 4) is 5.69 Å². The first-order chi connectivity index (χ1) is 25.3. The molecule has 240 valence electrons. The number of amidine groups is 1. The van der Waals surface area contributed by atoms with Gasteiger partial charge < -0.3 is 13.4 Å². The van der Waals surface area contributed by atoms with Gasteiger partial charge in [0.25, 0.3) is 0 Å². The number of para-hydroxylation sites is 2. The van der Waals surface area contributed by atoms with Gasteiger partial charge in [-0.25, -0.2) is 4.99 Å². The summed E-state index contributed by atoms with van der Waals surface area (Å²) in [5.74, 6) is 0.720. The van der Waals surface area contributed by atoms with Crippen LogP contribution < -0.4 is 0 Å². The molecule has 0 radical (unpaired) electrons. The van der Waals surface area contributed by atoms with Crippen LogP contribution in [0.2, 0.25) is 0 Å². The highest BCUT2D eigenvalue weighted by Gasteiger charge is 2.23. The van der Waals surface area contributed by atoms with Crippen LogP contribution in [0.4, 0.5) is 0 Å². The summed E-state index contributed by atoms with van der Waals surface area (Å²) < 4.78 is 15.4. The zero-order chi connectivity index (χ0) is 33.5. The molecule has 4 heterocycles. The quantitative estimate of drug-likeness (QED) is 0.189. The molecule has 11 rings (SSSR count). The number of rotatable bonds is 4. The molecule has 0 aliphatic carbocycles. The number of fused-ring (bicyclic) bond motifs is 10. The number of aromatic nitrogens is 1. The fourth-order valence-corrected chi connectivity index (χ4v) is 7.94. The van der Waals surface area contributed by atoms with Crippen LogP contribution in [0.25, 0.3) is 71.4 Å². The normalized spacial score (nSPS) is 15.0. The third-order valence-electron chi connectivity index (χ3n) is 10.3. The van der Waals surface area contributed by atoms with Crippen LogP contribution in [0, 0.1) is 0 Å². The number of hydrogen-bond donors (Lipinski definition) is 0. The summed E-state index contributed by atoms with van der Waals surface area (Å²) >= 11 is 0. The molecule has 51 heavy (non-hydrogen) atoms. The minimum atomic E-state index is -0.0210. The van der Waals surface area contributed by atoms with E-state index < -0.39 is 0 Å². The van der Waals surface area contributed by atoms with Crippen LogP contribution in [0.3, 0.4) is 0 Å². The Morgan fingerprint density at radius 1 is 0.510 bits per heavy atom. The second-order valence-corrected chi connectivity index (χ2v) is 13.3. The van der Waals surface area contributed by atoms with Crippen molar-refractivity contribution in [2.24, 2.45) is 9.98 Å². The van der Waals surface area contributed by atoms with Crippen molar-refractivity contribution in [2.75, 3.05) is 0 Å². The summed E-state index contributed by atoms with van der Waals surface area (Å²) in [5, 5.41) is 6.69. The van der Waals surface area contributed by atoms with Crippen molar-refractivity contribution in [1.82, 2.24) is 4.57 Å². The zero-order valence-corrected chi connectivity index (χ0v) is 27.5. The van der Waals surface area contributed by atoms with Crippen LogP contribution in [0.15, 0.2) is 177 Å². The number of hydrogen-bond acceptors (Lipinski definition) is 4. The van der Waals surface area contributed by atoms with Gasteiger partial charge in [-0.1, -0.05) is 109 Å². The fourth-order valence-electron chi connectivity index (χ4n) is 7.94. The van der Waals surface area contributed by atoms with Gasteiger partial charge in [0.2, 0.25) is 0 Å². The maximum absolute atomic E-state index is 6.58. The largest absolute Gasteiger partial charge is 0.456 e. The van der Waals surface area contributed by atoms with E-state index in [9.17, 15) is 0 Å². The molecule has 0 fully saturated rings. The lowest BCUT2D eigenvalue weighted by Crippen LogP contribution is -2.17. The molecule has 0 amide bonds. The van der Waals surface area contributed by atoms with Crippen molar-refractivity contribution in [3.63, 3.8) is 0 Å². The van der Waals surface area contributed by atoms with Gasteiger partial charge in [0.05, 0.1) is 22.8 Å². The van der Waals surface area contributed by atoms with Crippen molar-refractivity contribution in [3.05, 3.63) is 174 Å². The third kappa shape index (κ3) is 4.35. The molecule has 0 N–H and O–H groups in total. The van der Waals surface area contributed by atoms with E-state index >= 15 is 0 Å². The van der Waals surface area contributed by atoms with Gasteiger partial charge in [0.15, 0.2) is 11.4 Å². The monoisotopic (exact) mass is 655 g/mol. The Labute approximate surface area is 292 Å².